The number of amidine groups is 2. The van der Waals surface area contributed by atoms with Crippen molar-refractivity contribution < 1.29 is 17.0 Å². The molecule has 2 aliphatic rings. The third-order valence-corrected chi connectivity index (χ3v) is 4.19. The van der Waals surface area contributed by atoms with Gasteiger partial charge in [0.25, 0.3) is 0 Å². The second kappa shape index (κ2) is 6.87. The highest BCUT2D eigenvalue weighted by Crippen LogP contribution is 2.26. The van der Waals surface area contributed by atoms with Gasteiger partial charge in [-0.3, -0.25) is 4.99 Å². The molecular formula is C13H13Br2N4S-. The summed E-state index contributed by atoms with van der Waals surface area (Å²) in [4.78, 5) is 4.55. The number of nitrogens with zero attached hydrogens (tertiary/aromatic N) is 4. The molecule has 0 saturated carbocycles. The lowest BCUT2D eigenvalue weighted by molar-refractivity contribution is -0.00000382. The predicted octanol–water partition coefficient (Wildman–Crippen LogP) is 0.689. The molecule has 2 aliphatic heterocycles. The number of hydrogen-bond acceptors (Lipinski definition) is 5. The zero-order valence-electron chi connectivity index (χ0n) is 10.9. The number of fused-ring (bicyclic) bond motifs is 1. The zero-order valence-corrected chi connectivity index (χ0v) is 14.9. The summed E-state index contributed by atoms with van der Waals surface area (Å²) in [6.45, 7) is 2.76. The Morgan fingerprint density at radius 2 is 2.05 bits per heavy atom. The van der Waals surface area contributed by atoms with Gasteiger partial charge in [-0.05, 0) is 24.1 Å². The van der Waals surface area contributed by atoms with Crippen LogP contribution in [-0.2, 0) is 0 Å². The Morgan fingerprint density at radius 3 is 2.75 bits per heavy atom. The van der Waals surface area contributed by atoms with E-state index in [1.807, 2.05) is 17.1 Å². The van der Waals surface area contributed by atoms with Crippen molar-refractivity contribution in [3.63, 3.8) is 0 Å². The summed E-state index contributed by atoms with van der Waals surface area (Å²) in [5.74, 6) is 1.00. The van der Waals surface area contributed by atoms with Crippen LogP contribution in [0.2, 0.25) is 0 Å². The second-order valence-corrected chi connectivity index (χ2v) is 5.96. The topological polar surface area (TPSA) is 40.3 Å². The van der Waals surface area contributed by atoms with Gasteiger partial charge in [0.05, 0.1) is 24.2 Å². The highest BCUT2D eigenvalue weighted by atomic mass is 79.9. The van der Waals surface area contributed by atoms with Crippen LogP contribution in [0.5, 0.6) is 0 Å². The van der Waals surface area contributed by atoms with Crippen molar-refractivity contribution >= 4 is 44.6 Å². The average Bonchev–Trinajstić information content (AvgIpc) is 2.83. The molecule has 3 rings (SSSR count). The maximum Gasteiger partial charge on any atom is 0.209 e. The fraction of sp³-hybridized carbons (Fsp3) is 0.308. The van der Waals surface area contributed by atoms with Crippen molar-refractivity contribution in [3.05, 3.63) is 34.3 Å². The van der Waals surface area contributed by atoms with Crippen LogP contribution in [0.25, 0.3) is 0 Å². The average molecular weight is 417 g/mol. The summed E-state index contributed by atoms with van der Waals surface area (Å²) < 4.78 is 5.50. The van der Waals surface area contributed by atoms with E-state index in [-0.39, 0.29) is 17.0 Å². The van der Waals surface area contributed by atoms with E-state index >= 15 is 0 Å². The molecule has 20 heavy (non-hydrogen) atoms. The first kappa shape index (κ1) is 15.7. The SMILES string of the molecule is CCCC1=NSC2=NCC(c3ccc(Br)cc3)=NN12.[Br-]. The molecule has 7 heteroatoms. The van der Waals surface area contributed by atoms with Gasteiger partial charge in [0.2, 0.25) is 5.17 Å². The van der Waals surface area contributed by atoms with E-state index in [1.165, 1.54) is 11.9 Å². The summed E-state index contributed by atoms with van der Waals surface area (Å²) in [5, 5.41) is 7.47. The van der Waals surface area contributed by atoms with Crippen molar-refractivity contribution in [1.29, 1.82) is 0 Å². The zero-order chi connectivity index (χ0) is 13.2. The van der Waals surface area contributed by atoms with Gasteiger partial charge in [-0.15, -0.1) is 0 Å². The molecule has 0 spiro atoms. The number of rotatable bonds is 3. The lowest BCUT2D eigenvalue weighted by Crippen LogP contribution is -3.00. The van der Waals surface area contributed by atoms with Crippen LogP contribution in [0.4, 0.5) is 0 Å². The van der Waals surface area contributed by atoms with Gasteiger partial charge in [0.15, 0.2) is 0 Å². The van der Waals surface area contributed by atoms with Crippen LogP contribution in [0.3, 0.4) is 0 Å². The number of benzene rings is 1. The van der Waals surface area contributed by atoms with Gasteiger partial charge in [-0.2, -0.15) is 14.5 Å². The number of halogens is 2. The Kier molecular flexibility index (Phi) is 5.40. The van der Waals surface area contributed by atoms with Crippen molar-refractivity contribution in [2.24, 2.45) is 14.5 Å². The standard InChI is InChI=1S/C13H13BrN4S.BrH/c1-2-3-12-17-19-13-15-8-11(16-18(12)13)9-4-6-10(14)7-5-9;/h4-7H,2-3,8H2,1H3;1H/p-1. The second-order valence-electron chi connectivity index (χ2n) is 4.31. The number of aliphatic imine (C=N–C) groups is 1. The highest BCUT2D eigenvalue weighted by Gasteiger charge is 2.27. The van der Waals surface area contributed by atoms with Gasteiger partial charge in [0.1, 0.15) is 5.84 Å². The Balaban J connectivity index is 0.00000147. The molecule has 106 valence electrons. The van der Waals surface area contributed by atoms with E-state index in [0.717, 1.165) is 39.6 Å². The third kappa shape index (κ3) is 3.15. The molecule has 0 unspecified atom stereocenters. The fourth-order valence-corrected chi connectivity index (χ4v) is 2.90. The summed E-state index contributed by atoms with van der Waals surface area (Å²) in [6.07, 6.45) is 2.00. The van der Waals surface area contributed by atoms with E-state index < -0.39 is 0 Å². The molecule has 0 saturated heterocycles. The van der Waals surface area contributed by atoms with Crippen LogP contribution in [0.1, 0.15) is 25.3 Å². The molecule has 1 aromatic rings. The van der Waals surface area contributed by atoms with Gasteiger partial charge >= 0.3 is 0 Å². The largest absolute Gasteiger partial charge is 1.00 e. The minimum absolute atomic E-state index is 0. The van der Waals surface area contributed by atoms with Crippen LogP contribution in [-0.4, -0.2) is 28.3 Å². The molecule has 0 N–H and O–H groups in total. The van der Waals surface area contributed by atoms with Crippen molar-refractivity contribution in [3.8, 4) is 0 Å². The van der Waals surface area contributed by atoms with Crippen LogP contribution < -0.4 is 17.0 Å². The van der Waals surface area contributed by atoms with E-state index in [1.54, 1.807) is 0 Å². The first-order valence-corrected chi connectivity index (χ1v) is 7.76. The first-order valence-electron chi connectivity index (χ1n) is 6.20. The van der Waals surface area contributed by atoms with E-state index in [2.05, 4.69) is 44.4 Å². The number of hydrazone groups is 1. The summed E-state index contributed by atoms with van der Waals surface area (Å²) >= 11 is 4.87. The highest BCUT2D eigenvalue weighted by molar-refractivity contribution is 9.10. The Morgan fingerprint density at radius 1 is 1.30 bits per heavy atom. The molecule has 0 atom stereocenters. The van der Waals surface area contributed by atoms with Gasteiger partial charge in [0, 0.05) is 10.9 Å². The minimum Gasteiger partial charge on any atom is -1.00 e. The maximum atomic E-state index is 4.70. The van der Waals surface area contributed by atoms with E-state index in [4.69, 9.17) is 5.10 Å². The predicted molar refractivity (Wildman–Crippen MR) is 84.8 cm³/mol. The van der Waals surface area contributed by atoms with Gasteiger partial charge in [-0.25, -0.2) is 0 Å². The summed E-state index contributed by atoms with van der Waals surface area (Å²) in [6, 6.07) is 8.17. The van der Waals surface area contributed by atoms with Gasteiger partial charge in [-0.1, -0.05) is 35.0 Å². The molecule has 2 heterocycles. The van der Waals surface area contributed by atoms with Gasteiger partial charge < -0.3 is 17.0 Å². The summed E-state index contributed by atoms with van der Waals surface area (Å²) in [7, 11) is 0. The van der Waals surface area contributed by atoms with Crippen LogP contribution >= 0.6 is 27.9 Å². The molecule has 0 fully saturated rings. The monoisotopic (exact) mass is 415 g/mol. The quantitative estimate of drug-likeness (QED) is 0.680. The molecule has 0 bridgehead atoms. The lowest BCUT2D eigenvalue weighted by atomic mass is 10.1. The third-order valence-electron chi connectivity index (χ3n) is 2.89. The van der Waals surface area contributed by atoms with E-state index in [9.17, 15) is 0 Å². The first-order chi connectivity index (χ1) is 9.28. The Hall–Kier alpha value is -0.660. The van der Waals surface area contributed by atoms with E-state index in [0.29, 0.717) is 6.54 Å². The van der Waals surface area contributed by atoms with Crippen LogP contribution in [0, 0.1) is 0 Å². The summed E-state index contributed by atoms with van der Waals surface area (Å²) in [5.41, 5.74) is 2.10. The van der Waals surface area contributed by atoms with Crippen molar-refractivity contribution in [2.45, 2.75) is 19.8 Å². The molecule has 0 amide bonds. The maximum absolute atomic E-state index is 4.70. The number of hydrogen-bond donors (Lipinski definition) is 0. The lowest BCUT2D eigenvalue weighted by Gasteiger charge is -2.20. The molecule has 0 radical (unpaired) electrons. The molecule has 1 aromatic carbocycles. The molecular weight excluding hydrogens is 404 g/mol. The molecule has 0 aliphatic carbocycles. The van der Waals surface area contributed by atoms with Crippen molar-refractivity contribution in [2.75, 3.05) is 6.54 Å². The van der Waals surface area contributed by atoms with Crippen molar-refractivity contribution in [1.82, 2.24) is 5.01 Å². The molecule has 4 nitrogen and oxygen atoms in total. The fourth-order valence-electron chi connectivity index (χ4n) is 1.94. The van der Waals surface area contributed by atoms with Crippen LogP contribution in [0.15, 0.2) is 43.2 Å². The smallest absolute Gasteiger partial charge is 0.209 e. The minimum atomic E-state index is 0. The molecule has 0 aromatic heterocycles. The Labute approximate surface area is 141 Å². The normalized spacial score (nSPS) is 16.9. The Bertz CT molecular complexity index is 581.